The Morgan fingerprint density at radius 2 is 1.85 bits per heavy atom. The van der Waals surface area contributed by atoms with Crippen molar-refractivity contribution >= 4 is 23.6 Å². The molecule has 0 amide bonds. The number of carbonyl (C=O) groups excluding carboxylic acids is 2. The zero-order valence-electron chi connectivity index (χ0n) is 15.2. The van der Waals surface area contributed by atoms with E-state index in [-0.39, 0.29) is 18.8 Å². The summed E-state index contributed by atoms with van der Waals surface area (Å²) in [5.41, 5.74) is 7.60. The highest BCUT2D eigenvalue weighted by Gasteiger charge is 2.22. The molecular weight excluding hydrogens is 336 g/mol. The number of benzene rings is 1. The first-order valence-electron chi connectivity index (χ1n) is 8.52. The van der Waals surface area contributed by atoms with E-state index >= 15 is 0 Å². The van der Waals surface area contributed by atoms with Crippen molar-refractivity contribution < 1.29 is 19.1 Å². The standard InChI is InChI=1S/C18H24N4O4/c1-4-25-16(23)14(17(24)26-5-2)12-20-21-18-19-10-11-22(18)15-9-7-6-8-13(15)3/h6-9,12,20H,4-5,10-11H2,1-3H3,(H,19,21). The summed E-state index contributed by atoms with van der Waals surface area (Å²) in [6.45, 7) is 7.07. The van der Waals surface area contributed by atoms with Crippen LogP contribution in [0.3, 0.4) is 0 Å². The van der Waals surface area contributed by atoms with Gasteiger partial charge in [0.05, 0.1) is 19.8 Å². The van der Waals surface area contributed by atoms with Gasteiger partial charge >= 0.3 is 11.9 Å². The number of guanidine groups is 1. The Morgan fingerprint density at radius 3 is 2.46 bits per heavy atom. The second-order valence-electron chi connectivity index (χ2n) is 5.41. The molecule has 0 atom stereocenters. The summed E-state index contributed by atoms with van der Waals surface area (Å²) in [5.74, 6) is -0.892. The van der Waals surface area contributed by atoms with Crippen LogP contribution in [0.1, 0.15) is 19.4 Å². The van der Waals surface area contributed by atoms with Gasteiger partial charge in [-0.05, 0) is 32.4 Å². The third-order valence-corrected chi connectivity index (χ3v) is 3.64. The number of aliphatic imine (C=N–C) groups is 1. The summed E-state index contributed by atoms with van der Waals surface area (Å²) >= 11 is 0. The zero-order valence-corrected chi connectivity index (χ0v) is 15.2. The Labute approximate surface area is 152 Å². The first-order valence-corrected chi connectivity index (χ1v) is 8.52. The molecule has 0 fully saturated rings. The molecule has 26 heavy (non-hydrogen) atoms. The number of hydrazine groups is 1. The molecule has 0 aliphatic carbocycles. The summed E-state index contributed by atoms with van der Waals surface area (Å²) in [6, 6.07) is 7.98. The quantitative estimate of drug-likeness (QED) is 0.249. The van der Waals surface area contributed by atoms with E-state index in [0.29, 0.717) is 12.5 Å². The predicted octanol–water partition coefficient (Wildman–Crippen LogP) is 1.28. The van der Waals surface area contributed by atoms with Gasteiger partial charge in [0.15, 0.2) is 5.57 Å². The molecule has 0 saturated heterocycles. The van der Waals surface area contributed by atoms with Crippen LogP contribution in [0.2, 0.25) is 0 Å². The van der Waals surface area contributed by atoms with Crippen molar-refractivity contribution in [3.63, 3.8) is 0 Å². The van der Waals surface area contributed by atoms with Crippen molar-refractivity contribution in [3.8, 4) is 0 Å². The van der Waals surface area contributed by atoms with E-state index in [2.05, 4.69) is 15.8 Å². The molecule has 8 heteroatoms. The van der Waals surface area contributed by atoms with Gasteiger partial charge in [-0.3, -0.25) is 5.43 Å². The molecule has 0 spiro atoms. The van der Waals surface area contributed by atoms with E-state index in [1.54, 1.807) is 13.8 Å². The van der Waals surface area contributed by atoms with Crippen LogP contribution in [0.15, 0.2) is 41.0 Å². The van der Waals surface area contributed by atoms with Gasteiger partial charge in [0.1, 0.15) is 0 Å². The van der Waals surface area contributed by atoms with Crippen LogP contribution in [-0.4, -0.2) is 44.2 Å². The first kappa shape index (κ1) is 19.3. The van der Waals surface area contributed by atoms with Crippen LogP contribution in [0.5, 0.6) is 0 Å². The smallest absolute Gasteiger partial charge is 0.347 e. The molecule has 140 valence electrons. The van der Waals surface area contributed by atoms with E-state index < -0.39 is 11.9 Å². The predicted molar refractivity (Wildman–Crippen MR) is 98.4 cm³/mol. The molecule has 0 unspecified atom stereocenters. The van der Waals surface area contributed by atoms with Crippen molar-refractivity contribution in [3.05, 3.63) is 41.6 Å². The first-order chi connectivity index (χ1) is 12.6. The minimum atomic E-state index is -0.746. The number of rotatable bonds is 7. The lowest BCUT2D eigenvalue weighted by Crippen LogP contribution is -2.44. The Kier molecular flexibility index (Phi) is 7.02. The van der Waals surface area contributed by atoms with Gasteiger partial charge in [0, 0.05) is 18.4 Å². The van der Waals surface area contributed by atoms with Crippen LogP contribution in [0.25, 0.3) is 0 Å². The SMILES string of the molecule is CCOC(=O)C(=CNNC1=NCCN1c1ccccc1C)C(=O)OCC. The maximum Gasteiger partial charge on any atom is 0.347 e. The van der Waals surface area contributed by atoms with Crippen LogP contribution >= 0.6 is 0 Å². The maximum atomic E-state index is 11.9. The van der Waals surface area contributed by atoms with Gasteiger partial charge < -0.3 is 19.8 Å². The fourth-order valence-electron chi connectivity index (χ4n) is 2.45. The molecule has 1 aliphatic heterocycles. The Balaban J connectivity index is 2.07. The lowest BCUT2D eigenvalue weighted by Gasteiger charge is -2.22. The van der Waals surface area contributed by atoms with Gasteiger partial charge in [-0.2, -0.15) is 0 Å². The maximum absolute atomic E-state index is 11.9. The normalized spacial score (nSPS) is 12.9. The third-order valence-electron chi connectivity index (χ3n) is 3.64. The average Bonchev–Trinajstić information content (AvgIpc) is 3.07. The molecule has 1 aliphatic rings. The van der Waals surface area contributed by atoms with Gasteiger partial charge in [-0.1, -0.05) is 18.2 Å². The number of para-hydroxylation sites is 1. The van der Waals surface area contributed by atoms with E-state index in [1.807, 2.05) is 36.1 Å². The monoisotopic (exact) mass is 360 g/mol. The third kappa shape index (κ3) is 4.75. The van der Waals surface area contributed by atoms with Gasteiger partial charge in [0.2, 0.25) is 5.96 Å². The largest absolute Gasteiger partial charge is 0.462 e. The second kappa shape index (κ2) is 9.45. The van der Waals surface area contributed by atoms with Crippen LogP contribution in [0.4, 0.5) is 5.69 Å². The highest BCUT2D eigenvalue weighted by molar-refractivity contribution is 6.14. The molecule has 2 N–H and O–H groups in total. The Morgan fingerprint density at radius 1 is 1.19 bits per heavy atom. The van der Waals surface area contributed by atoms with Crippen LogP contribution < -0.4 is 15.8 Å². The van der Waals surface area contributed by atoms with Crippen LogP contribution in [-0.2, 0) is 19.1 Å². The number of anilines is 1. The minimum absolute atomic E-state index is 0.163. The van der Waals surface area contributed by atoms with Crippen molar-refractivity contribution in [1.29, 1.82) is 0 Å². The number of hydrogen-bond acceptors (Lipinski definition) is 8. The molecule has 0 aromatic heterocycles. The summed E-state index contributed by atoms with van der Waals surface area (Å²) in [5, 5.41) is 0. The molecule has 0 radical (unpaired) electrons. The van der Waals surface area contributed by atoms with E-state index in [0.717, 1.165) is 17.8 Å². The lowest BCUT2D eigenvalue weighted by atomic mass is 10.2. The van der Waals surface area contributed by atoms with Gasteiger partial charge in [0.25, 0.3) is 0 Å². The molecule has 1 heterocycles. The highest BCUT2D eigenvalue weighted by Crippen LogP contribution is 2.21. The fourth-order valence-corrected chi connectivity index (χ4v) is 2.45. The fraction of sp³-hybridized carbons (Fsp3) is 0.389. The molecule has 2 rings (SSSR count). The topological polar surface area (TPSA) is 92.3 Å². The van der Waals surface area contributed by atoms with Crippen LogP contribution in [0, 0.1) is 6.92 Å². The van der Waals surface area contributed by atoms with E-state index in [9.17, 15) is 9.59 Å². The average molecular weight is 360 g/mol. The van der Waals surface area contributed by atoms with E-state index in [4.69, 9.17) is 9.47 Å². The molecule has 0 saturated carbocycles. The lowest BCUT2D eigenvalue weighted by molar-refractivity contribution is -0.146. The number of ether oxygens (including phenoxy) is 2. The van der Waals surface area contributed by atoms with Crippen molar-refractivity contribution in [2.75, 3.05) is 31.2 Å². The number of nitrogens with zero attached hydrogens (tertiary/aromatic N) is 2. The van der Waals surface area contributed by atoms with Crippen molar-refractivity contribution in [2.45, 2.75) is 20.8 Å². The number of hydrogen-bond donors (Lipinski definition) is 2. The molecule has 0 bridgehead atoms. The van der Waals surface area contributed by atoms with E-state index in [1.165, 1.54) is 6.20 Å². The summed E-state index contributed by atoms with van der Waals surface area (Å²) < 4.78 is 9.77. The van der Waals surface area contributed by atoms with Gasteiger partial charge in [-0.25, -0.2) is 14.6 Å². The summed E-state index contributed by atoms with van der Waals surface area (Å²) in [4.78, 5) is 30.3. The number of carbonyl (C=O) groups is 2. The number of nitrogens with one attached hydrogen (secondary N) is 2. The highest BCUT2D eigenvalue weighted by atomic mass is 16.6. The molecule has 1 aromatic rings. The summed E-state index contributed by atoms with van der Waals surface area (Å²) in [6.07, 6.45) is 1.23. The Hall–Kier alpha value is -3.03. The zero-order chi connectivity index (χ0) is 18.9. The Bertz CT molecular complexity index is 695. The van der Waals surface area contributed by atoms with Crippen molar-refractivity contribution in [2.24, 2.45) is 4.99 Å². The number of esters is 2. The minimum Gasteiger partial charge on any atom is -0.462 e. The summed E-state index contributed by atoms with van der Waals surface area (Å²) in [7, 11) is 0. The molecule has 1 aromatic carbocycles. The second-order valence-corrected chi connectivity index (χ2v) is 5.41. The molecule has 8 nitrogen and oxygen atoms in total. The van der Waals surface area contributed by atoms with Crippen molar-refractivity contribution in [1.82, 2.24) is 10.9 Å². The number of aryl methyl sites for hydroxylation is 1. The van der Waals surface area contributed by atoms with Gasteiger partial charge in [-0.15, -0.1) is 0 Å². The molecular formula is C18H24N4O4.